The van der Waals surface area contributed by atoms with Crippen LogP contribution in [0.4, 0.5) is 42.7 Å². The van der Waals surface area contributed by atoms with Crippen molar-refractivity contribution in [2.45, 2.75) is 69.5 Å². The number of ether oxygens (including phenoxy) is 1. The Labute approximate surface area is 210 Å². The standard InChI is InChI=1S/C25H30F9NOS/c1-2-3-4-5-6-7-8-9-18-36-23-16-10-20(11-17-23)19-35-22-14-12-21(13-15-22)24(26,27)25(28,29)37(30,31,32,33)34/h10-17,19H,2-9,18H2,1H3. The molecule has 0 spiro atoms. The van der Waals surface area contributed by atoms with Gasteiger partial charge in [-0.3, -0.25) is 4.99 Å². The molecule has 0 heterocycles. The van der Waals surface area contributed by atoms with E-state index in [4.69, 9.17) is 4.74 Å². The van der Waals surface area contributed by atoms with Gasteiger partial charge in [-0.1, -0.05) is 83.4 Å². The van der Waals surface area contributed by atoms with E-state index >= 15 is 0 Å². The minimum Gasteiger partial charge on any atom is -0.494 e. The molecule has 0 aliphatic carbocycles. The molecule has 0 bridgehead atoms. The third kappa shape index (κ3) is 8.31. The lowest BCUT2D eigenvalue weighted by Gasteiger charge is -2.48. The highest BCUT2D eigenvalue weighted by molar-refractivity contribution is 8.46. The smallest absolute Gasteiger partial charge is 0.448 e. The topological polar surface area (TPSA) is 21.6 Å². The molecule has 0 saturated heterocycles. The molecule has 0 fully saturated rings. The molecule has 0 aliphatic heterocycles. The number of nitrogens with zero attached hydrogens (tertiary/aromatic N) is 1. The first-order chi connectivity index (χ1) is 17.0. The molecule has 0 aliphatic rings. The highest BCUT2D eigenvalue weighted by atomic mass is 32.5. The van der Waals surface area contributed by atoms with Gasteiger partial charge in [0.2, 0.25) is 0 Å². The maximum atomic E-state index is 13.8. The van der Waals surface area contributed by atoms with Crippen molar-refractivity contribution in [2.24, 2.45) is 4.99 Å². The average Bonchev–Trinajstić information content (AvgIpc) is 2.81. The number of halogens is 9. The molecule has 0 unspecified atom stereocenters. The van der Waals surface area contributed by atoms with Crippen LogP contribution in [0.5, 0.6) is 5.75 Å². The first-order valence-corrected chi connectivity index (χ1v) is 13.8. The van der Waals surface area contributed by atoms with E-state index in [0.717, 1.165) is 25.0 Å². The van der Waals surface area contributed by atoms with E-state index in [1.807, 2.05) is 0 Å². The van der Waals surface area contributed by atoms with Crippen LogP contribution in [0.15, 0.2) is 53.5 Å². The molecular formula is C25H30F9NOS. The fourth-order valence-corrected chi connectivity index (χ4v) is 3.99. The molecule has 0 atom stereocenters. The first-order valence-electron chi connectivity index (χ1n) is 11.8. The summed E-state index contributed by atoms with van der Waals surface area (Å²) < 4.78 is 122. The van der Waals surface area contributed by atoms with E-state index in [9.17, 15) is 37.0 Å². The molecule has 0 amide bonds. The zero-order chi connectivity index (χ0) is 27.9. The number of hydrogen-bond acceptors (Lipinski definition) is 2. The Morgan fingerprint density at radius 2 is 1.24 bits per heavy atom. The third-order valence-corrected chi connectivity index (χ3v) is 6.81. The zero-order valence-electron chi connectivity index (χ0n) is 20.2. The molecule has 0 radical (unpaired) electrons. The van der Waals surface area contributed by atoms with Crippen LogP contribution in [-0.4, -0.2) is 18.1 Å². The summed E-state index contributed by atoms with van der Waals surface area (Å²) in [6.07, 6.45) is 10.7. The van der Waals surface area contributed by atoms with Gasteiger partial charge in [-0.25, -0.2) is 0 Å². The van der Waals surface area contributed by atoms with Gasteiger partial charge >= 0.3 is 21.4 Å². The molecule has 210 valence electrons. The molecule has 37 heavy (non-hydrogen) atoms. The number of alkyl halides is 4. The number of benzene rings is 2. The summed E-state index contributed by atoms with van der Waals surface area (Å²) in [5, 5.41) is -7.53. The van der Waals surface area contributed by atoms with Gasteiger partial charge in [-0.2, -0.15) is 17.6 Å². The van der Waals surface area contributed by atoms with Crippen LogP contribution >= 0.6 is 10.2 Å². The molecule has 2 rings (SSSR count). The van der Waals surface area contributed by atoms with E-state index in [2.05, 4.69) is 11.9 Å². The maximum Gasteiger partial charge on any atom is 0.448 e. The van der Waals surface area contributed by atoms with Crippen molar-refractivity contribution < 1.29 is 41.7 Å². The van der Waals surface area contributed by atoms with Crippen LogP contribution in [0.2, 0.25) is 0 Å². The Hall–Kier alpha value is -2.37. The minimum absolute atomic E-state index is 0.0646. The Bertz CT molecular complexity index is 1020. The summed E-state index contributed by atoms with van der Waals surface area (Å²) in [4.78, 5) is 3.93. The van der Waals surface area contributed by atoms with Crippen molar-refractivity contribution in [3.8, 4) is 5.75 Å². The van der Waals surface area contributed by atoms with Gasteiger partial charge in [0.1, 0.15) is 5.75 Å². The van der Waals surface area contributed by atoms with Crippen LogP contribution in [-0.2, 0) is 5.92 Å². The van der Waals surface area contributed by atoms with Gasteiger partial charge < -0.3 is 4.74 Å². The normalized spacial score (nSPS) is 15.0. The Kier molecular flexibility index (Phi) is 9.31. The summed E-state index contributed by atoms with van der Waals surface area (Å²) in [5.41, 5.74) is -1.41. The van der Waals surface area contributed by atoms with Gasteiger partial charge in [0.25, 0.3) is 0 Å². The van der Waals surface area contributed by atoms with Gasteiger partial charge in [-0.15, -0.1) is 0 Å². The predicted octanol–water partition coefficient (Wildman–Crippen LogP) is 10.9. The van der Waals surface area contributed by atoms with Gasteiger partial charge in [0.15, 0.2) is 0 Å². The Balaban J connectivity index is 1.89. The molecule has 0 aromatic heterocycles. The number of aliphatic imine (C=N–C) groups is 1. The van der Waals surface area contributed by atoms with E-state index in [1.165, 1.54) is 44.7 Å². The second kappa shape index (κ2) is 11.2. The van der Waals surface area contributed by atoms with Crippen LogP contribution in [0.1, 0.15) is 69.4 Å². The van der Waals surface area contributed by atoms with Crippen molar-refractivity contribution in [1.82, 2.24) is 0 Å². The largest absolute Gasteiger partial charge is 0.494 e. The molecule has 2 aromatic carbocycles. The Morgan fingerprint density at radius 1 is 0.730 bits per heavy atom. The van der Waals surface area contributed by atoms with Gasteiger partial charge in [0, 0.05) is 11.8 Å². The minimum atomic E-state index is -11.9. The summed E-state index contributed by atoms with van der Waals surface area (Å²) in [7, 11) is -11.9. The predicted molar refractivity (Wildman–Crippen MR) is 130 cm³/mol. The lowest BCUT2D eigenvalue weighted by atomic mass is 10.1. The molecular weight excluding hydrogens is 533 g/mol. The van der Waals surface area contributed by atoms with Crippen molar-refractivity contribution in [3.05, 3.63) is 59.7 Å². The molecule has 2 nitrogen and oxygen atoms in total. The fourth-order valence-electron chi connectivity index (χ4n) is 3.39. The monoisotopic (exact) mass is 563 g/mol. The fraction of sp³-hybridized carbons (Fsp3) is 0.480. The summed E-state index contributed by atoms with van der Waals surface area (Å²) in [6.45, 7) is 2.75. The van der Waals surface area contributed by atoms with Gasteiger partial charge in [-0.05, 0) is 48.4 Å². The van der Waals surface area contributed by atoms with Crippen molar-refractivity contribution in [2.75, 3.05) is 6.61 Å². The number of unbranched alkanes of at least 4 members (excludes halogenated alkanes) is 7. The molecule has 0 N–H and O–H groups in total. The lowest BCUT2D eigenvalue weighted by molar-refractivity contribution is -0.181. The number of rotatable bonds is 15. The average molecular weight is 564 g/mol. The molecule has 0 saturated carbocycles. The third-order valence-electron chi connectivity index (χ3n) is 5.59. The van der Waals surface area contributed by atoms with Crippen molar-refractivity contribution in [3.63, 3.8) is 0 Å². The Morgan fingerprint density at radius 3 is 1.76 bits per heavy atom. The summed E-state index contributed by atoms with van der Waals surface area (Å²) in [6, 6.07) is 8.55. The second-order valence-corrected chi connectivity index (χ2v) is 11.2. The van der Waals surface area contributed by atoms with E-state index < -0.39 is 27.0 Å². The van der Waals surface area contributed by atoms with Crippen molar-refractivity contribution in [1.29, 1.82) is 0 Å². The summed E-state index contributed by atoms with van der Waals surface area (Å²) >= 11 is 0. The van der Waals surface area contributed by atoms with E-state index in [1.54, 1.807) is 24.3 Å². The van der Waals surface area contributed by atoms with Crippen molar-refractivity contribution >= 4 is 22.1 Å². The number of hydrogen-bond donors (Lipinski definition) is 0. The van der Waals surface area contributed by atoms with Crippen LogP contribution in [0, 0.1) is 0 Å². The van der Waals surface area contributed by atoms with E-state index in [0.29, 0.717) is 17.9 Å². The first kappa shape index (κ1) is 30.9. The summed E-state index contributed by atoms with van der Waals surface area (Å²) in [5.74, 6) is -5.54. The molecule has 2 aromatic rings. The molecule has 12 heteroatoms. The quantitative estimate of drug-likeness (QED) is 0.120. The van der Waals surface area contributed by atoms with Crippen LogP contribution < -0.4 is 4.74 Å². The van der Waals surface area contributed by atoms with Gasteiger partial charge in [0.05, 0.1) is 12.3 Å². The van der Waals surface area contributed by atoms with Crippen LogP contribution in [0.25, 0.3) is 0 Å². The zero-order valence-corrected chi connectivity index (χ0v) is 21.0. The highest BCUT2D eigenvalue weighted by Crippen LogP contribution is 3.06. The van der Waals surface area contributed by atoms with E-state index in [-0.39, 0.29) is 17.8 Å². The SMILES string of the molecule is CCCCCCCCCCOc1ccc(C=Nc2ccc(C(F)(F)C(F)(F)S(F)(F)(F)(F)F)cc2)cc1. The maximum absolute atomic E-state index is 13.8. The second-order valence-electron chi connectivity index (χ2n) is 8.76. The lowest BCUT2D eigenvalue weighted by Crippen LogP contribution is -2.46. The highest BCUT2D eigenvalue weighted by Gasteiger charge is 2.91. The van der Waals surface area contributed by atoms with Crippen LogP contribution in [0.3, 0.4) is 0 Å².